The van der Waals surface area contributed by atoms with E-state index in [1.807, 2.05) is 18.2 Å². The van der Waals surface area contributed by atoms with Crippen molar-refractivity contribution in [3.05, 3.63) is 23.8 Å². The average Bonchev–Trinajstić information content (AvgIpc) is 2.60. The zero-order chi connectivity index (χ0) is 14.6. The van der Waals surface area contributed by atoms with E-state index in [1.165, 1.54) is 0 Å². The van der Waals surface area contributed by atoms with Gasteiger partial charge in [0.05, 0.1) is 0 Å². The molecule has 0 aliphatic carbocycles. The second-order valence-electron chi connectivity index (χ2n) is 6.46. The lowest BCUT2D eigenvalue weighted by Crippen LogP contribution is -2.16. The number of hydrogen-bond donors (Lipinski definition) is 2. The first-order valence-corrected chi connectivity index (χ1v) is 7.20. The predicted molar refractivity (Wildman–Crippen MR) is 88.2 cm³/mol. The van der Waals surface area contributed by atoms with Gasteiger partial charge in [-0.1, -0.05) is 20.8 Å². The van der Waals surface area contributed by atoms with Gasteiger partial charge in [-0.25, -0.2) is 0 Å². The third kappa shape index (κ3) is 5.94. The quantitative estimate of drug-likeness (QED) is 0.900. The highest BCUT2D eigenvalue weighted by atomic mass is 35.5. The van der Waals surface area contributed by atoms with Crippen molar-refractivity contribution in [2.45, 2.75) is 40.2 Å². The maximum Gasteiger partial charge on any atom is 0.224 e. The molecule has 0 unspecified atom stereocenters. The number of rotatable bonds is 3. The zero-order valence-corrected chi connectivity index (χ0v) is 13.8. The fourth-order valence-corrected chi connectivity index (χ4v) is 2.10. The van der Waals surface area contributed by atoms with Gasteiger partial charge < -0.3 is 15.4 Å². The van der Waals surface area contributed by atoms with E-state index in [1.54, 1.807) is 0 Å². The summed E-state index contributed by atoms with van der Waals surface area (Å²) in [5.74, 6) is 0.977. The van der Waals surface area contributed by atoms with Crippen LogP contribution in [0.2, 0.25) is 0 Å². The molecule has 1 aromatic rings. The molecule has 1 heterocycles. The molecule has 21 heavy (non-hydrogen) atoms. The zero-order valence-electron chi connectivity index (χ0n) is 13.0. The lowest BCUT2D eigenvalue weighted by atomic mass is 9.90. The predicted octanol–water partition coefficient (Wildman–Crippen LogP) is 3.36. The van der Waals surface area contributed by atoms with E-state index >= 15 is 0 Å². The van der Waals surface area contributed by atoms with Gasteiger partial charge in [0.1, 0.15) is 12.4 Å². The first kappa shape index (κ1) is 17.8. The molecule has 1 aromatic carbocycles. The average molecular weight is 313 g/mol. The van der Waals surface area contributed by atoms with Gasteiger partial charge >= 0.3 is 0 Å². The van der Waals surface area contributed by atoms with Crippen molar-refractivity contribution in [2.24, 2.45) is 5.41 Å². The Balaban J connectivity index is 0.00000220. The van der Waals surface area contributed by atoms with Gasteiger partial charge in [0, 0.05) is 30.8 Å². The number of hydrogen-bond acceptors (Lipinski definition) is 3. The standard InChI is InChI=1S/C16H24N2O2.ClH/c1-16(2,3)7-6-15(19)18-13-4-5-14-12(10-13)11-17-8-9-20-14;/h4-5,10,17H,6-9,11H2,1-3H3,(H,18,19);1H. The largest absolute Gasteiger partial charge is 0.492 e. The summed E-state index contributed by atoms with van der Waals surface area (Å²) >= 11 is 0. The van der Waals surface area contributed by atoms with Crippen LogP contribution in [0.3, 0.4) is 0 Å². The molecule has 0 fully saturated rings. The highest BCUT2D eigenvalue weighted by molar-refractivity contribution is 5.90. The summed E-state index contributed by atoms with van der Waals surface area (Å²) in [4.78, 5) is 11.9. The van der Waals surface area contributed by atoms with Gasteiger partial charge in [0.2, 0.25) is 5.91 Å². The van der Waals surface area contributed by atoms with Gasteiger partial charge in [-0.15, -0.1) is 12.4 Å². The van der Waals surface area contributed by atoms with E-state index in [0.717, 1.165) is 36.5 Å². The van der Waals surface area contributed by atoms with Crippen LogP contribution in [0, 0.1) is 5.41 Å². The minimum Gasteiger partial charge on any atom is -0.492 e. The smallest absolute Gasteiger partial charge is 0.224 e. The third-order valence-electron chi connectivity index (χ3n) is 3.30. The van der Waals surface area contributed by atoms with Crippen LogP contribution in [-0.4, -0.2) is 19.1 Å². The van der Waals surface area contributed by atoms with Crippen molar-refractivity contribution in [1.82, 2.24) is 5.32 Å². The molecular formula is C16H25ClN2O2. The molecule has 1 aliphatic rings. The molecule has 0 atom stereocenters. The molecular weight excluding hydrogens is 288 g/mol. The van der Waals surface area contributed by atoms with E-state index < -0.39 is 0 Å². The van der Waals surface area contributed by atoms with Crippen LogP contribution in [0.5, 0.6) is 5.75 Å². The lowest BCUT2D eigenvalue weighted by Gasteiger charge is -2.17. The maximum atomic E-state index is 11.9. The van der Waals surface area contributed by atoms with Gasteiger partial charge in [-0.3, -0.25) is 4.79 Å². The molecule has 1 amide bonds. The fourth-order valence-electron chi connectivity index (χ4n) is 2.10. The molecule has 0 spiro atoms. The maximum absolute atomic E-state index is 11.9. The van der Waals surface area contributed by atoms with Crippen LogP contribution in [0.1, 0.15) is 39.2 Å². The molecule has 0 saturated heterocycles. The fraction of sp³-hybridized carbons (Fsp3) is 0.562. The number of fused-ring (bicyclic) bond motifs is 1. The number of carbonyl (C=O) groups excluding carboxylic acids is 1. The molecule has 0 saturated carbocycles. The summed E-state index contributed by atoms with van der Waals surface area (Å²) in [6.45, 7) is 8.75. The van der Waals surface area contributed by atoms with Crippen molar-refractivity contribution in [2.75, 3.05) is 18.5 Å². The molecule has 4 nitrogen and oxygen atoms in total. The first-order valence-electron chi connectivity index (χ1n) is 7.20. The van der Waals surface area contributed by atoms with Gasteiger partial charge in [-0.05, 0) is 30.0 Å². The molecule has 0 radical (unpaired) electrons. The summed E-state index contributed by atoms with van der Waals surface area (Å²) < 4.78 is 5.63. The number of halogens is 1. The Bertz CT molecular complexity index is 484. The second kappa shape index (κ2) is 7.66. The van der Waals surface area contributed by atoms with E-state index in [-0.39, 0.29) is 23.7 Å². The Morgan fingerprint density at radius 2 is 2.14 bits per heavy atom. The Kier molecular flexibility index (Phi) is 6.49. The summed E-state index contributed by atoms with van der Waals surface area (Å²) in [6.07, 6.45) is 1.43. The van der Waals surface area contributed by atoms with Crippen molar-refractivity contribution in [1.29, 1.82) is 0 Å². The van der Waals surface area contributed by atoms with Crippen LogP contribution in [0.4, 0.5) is 5.69 Å². The monoisotopic (exact) mass is 312 g/mol. The SMILES string of the molecule is CC(C)(C)CCC(=O)Nc1ccc2c(c1)CNCCO2.Cl. The molecule has 118 valence electrons. The van der Waals surface area contributed by atoms with Crippen molar-refractivity contribution < 1.29 is 9.53 Å². The van der Waals surface area contributed by atoms with Crippen LogP contribution >= 0.6 is 12.4 Å². The van der Waals surface area contributed by atoms with Crippen molar-refractivity contribution in [3.63, 3.8) is 0 Å². The van der Waals surface area contributed by atoms with Crippen molar-refractivity contribution in [3.8, 4) is 5.75 Å². The summed E-state index contributed by atoms with van der Waals surface area (Å²) in [5.41, 5.74) is 2.12. The van der Waals surface area contributed by atoms with E-state index in [2.05, 4.69) is 31.4 Å². The summed E-state index contributed by atoms with van der Waals surface area (Å²) in [7, 11) is 0. The number of amides is 1. The first-order chi connectivity index (χ1) is 9.44. The van der Waals surface area contributed by atoms with Crippen LogP contribution in [0.25, 0.3) is 0 Å². The topological polar surface area (TPSA) is 50.4 Å². The Hall–Kier alpha value is -1.26. The Morgan fingerprint density at radius 3 is 2.86 bits per heavy atom. The van der Waals surface area contributed by atoms with Crippen LogP contribution < -0.4 is 15.4 Å². The molecule has 1 aliphatic heterocycles. The second-order valence-corrected chi connectivity index (χ2v) is 6.46. The third-order valence-corrected chi connectivity index (χ3v) is 3.30. The number of anilines is 1. The lowest BCUT2D eigenvalue weighted by molar-refractivity contribution is -0.116. The van der Waals surface area contributed by atoms with Crippen LogP contribution in [0.15, 0.2) is 18.2 Å². The molecule has 5 heteroatoms. The summed E-state index contributed by atoms with van der Waals surface area (Å²) in [5, 5.41) is 6.25. The van der Waals surface area contributed by atoms with Crippen LogP contribution in [-0.2, 0) is 11.3 Å². The number of nitrogens with one attached hydrogen (secondary N) is 2. The Labute approximate surface area is 133 Å². The van der Waals surface area contributed by atoms with Gasteiger partial charge in [-0.2, -0.15) is 0 Å². The van der Waals surface area contributed by atoms with E-state index in [9.17, 15) is 4.79 Å². The minimum atomic E-state index is 0. The number of ether oxygens (including phenoxy) is 1. The number of benzene rings is 1. The number of carbonyl (C=O) groups is 1. The summed E-state index contributed by atoms with van der Waals surface area (Å²) in [6, 6.07) is 5.82. The molecule has 0 aromatic heterocycles. The van der Waals surface area contributed by atoms with E-state index in [4.69, 9.17) is 4.74 Å². The Morgan fingerprint density at radius 1 is 1.38 bits per heavy atom. The highest BCUT2D eigenvalue weighted by Gasteiger charge is 2.14. The normalized spacial score (nSPS) is 14.2. The molecule has 2 N–H and O–H groups in total. The highest BCUT2D eigenvalue weighted by Crippen LogP contribution is 2.25. The van der Waals surface area contributed by atoms with Gasteiger partial charge in [0.15, 0.2) is 0 Å². The minimum absolute atomic E-state index is 0. The van der Waals surface area contributed by atoms with Crippen molar-refractivity contribution >= 4 is 24.0 Å². The molecule has 0 bridgehead atoms. The molecule has 2 rings (SSSR count). The van der Waals surface area contributed by atoms with E-state index in [0.29, 0.717) is 13.0 Å². The van der Waals surface area contributed by atoms with Gasteiger partial charge in [0.25, 0.3) is 0 Å².